The molecule has 1 rings (SSSR count). The van der Waals surface area contributed by atoms with Gasteiger partial charge in [-0.2, -0.15) is 0 Å². The fourth-order valence-corrected chi connectivity index (χ4v) is 1.73. The lowest BCUT2D eigenvalue weighted by Crippen LogP contribution is -2.33. The lowest BCUT2D eigenvalue weighted by Gasteiger charge is -2.09. The summed E-state index contributed by atoms with van der Waals surface area (Å²) in [6.45, 7) is 0.0587. The van der Waals surface area contributed by atoms with Crippen molar-refractivity contribution in [2.75, 3.05) is 13.7 Å². The lowest BCUT2D eigenvalue weighted by molar-refractivity contribution is -0.139. The summed E-state index contributed by atoms with van der Waals surface area (Å²) in [5, 5.41) is 2.49. The van der Waals surface area contributed by atoms with Crippen molar-refractivity contribution in [2.24, 2.45) is 0 Å². The number of alkyl halides is 1. The van der Waals surface area contributed by atoms with E-state index in [4.69, 9.17) is 0 Å². The summed E-state index contributed by atoms with van der Waals surface area (Å²) in [7, 11) is 1.25. The predicted octanol–water partition coefficient (Wildman–Crippen LogP) is 2.25. The van der Waals surface area contributed by atoms with Gasteiger partial charge in [0, 0.05) is 12.1 Å². The number of methoxy groups -OCH3 is 1. The highest BCUT2D eigenvalue weighted by atomic mass is 79.9. The largest absolute Gasteiger partial charge is 0.468 e. The number of carbonyl (C=O) groups excluding carboxylic acids is 2. The number of nitrogens with one attached hydrogen (secondary N) is 1. The molecule has 0 aliphatic rings. The molecule has 0 saturated carbocycles. The van der Waals surface area contributed by atoms with Crippen LogP contribution in [0.4, 0.5) is 4.39 Å². The summed E-state index contributed by atoms with van der Waals surface area (Å²) in [5.41, 5.74) is 0.181. The molecule has 0 aliphatic heterocycles. The van der Waals surface area contributed by atoms with Gasteiger partial charge in [-0.1, -0.05) is 15.9 Å². The molecule has 0 saturated heterocycles. The first-order valence-electron chi connectivity index (χ1n) is 4.91. The van der Waals surface area contributed by atoms with Crippen LogP contribution < -0.4 is 5.32 Å². The van der Waals surface area contributed by atoms with E-state index in [-0.39, 0.29) is 16.6 Å². The zero-order valence-electron chi connectivity index (χ0n) is 9.38. The molecule has 0 aliphatic carbocycles. The summed E-state index contributed by atoms with van der Waals surface area (Å²) in [6, 6.07) is 4.03. The first kappa shape index (κ1) is 15.1. The maximum Gasteiger partial charge on any atom is 0.321 e. The molecule has 4 nitrogen and oxygen atoms in total. The van der Waals surface area contributed by atoms with Gasteiger partial charge in [0.1, 0.15) is 10.6 Å². The highest BCUT2D eigenvalue weighted by molar-refractivity contribution is 9.10. The van der Waals surface area contributed by atoms with Crippen LogP contribution in [0.1, 0.15) is 10.4 Å². The number of amides is 1. The van der Waals surface area contributed by atoms with Crippen LogP contribution in [0.5, 0.6) is 0 Å². The van der Waals surface area contributed by atoms with Gasteiger partial charge in [0.05, 0.1) is 11.6 Å². The van der Waals surface area contributed by atoms with Gasteiger partial charge in [0.2, 0.25) is 0 Å². The normalized spacial score (nSPS) is 11.8. The van der Waals surface area contributed by atoms with Crippen LogP contribution in [0.25, 0.3) is 0 Å². The van der Waals surface area contributed by atoms with Crippen LogP contribution in [0, 0.1) is 5.82 Å². The molecule has 7 heteroatoms. The van der Waals surface area contributed by atoms with Gasteiger partial charge in [-0.25, -0.2) is 4.39 Å². The maximum absolute atomic E-state index is 13.2. The van der Waals surface area contributed by atoms with Gasteiger partial charge in [-0.3, -0.25) is 9.59 Å². The third-order valence-corrected chi connectivity index (χ3v) is 3.42. The number of rotatable bonds is 4. The van der Waals surface area contributed by atoms with Crippen molar-refractivity contribution < 1.29 is 18.7 Å². The molecule has 1 unspecified atom stereocenters. The van der Waals surface area contributed by atoms with Crippen LogP contribution >= 0.6 is 31.9 Å². The Morgan fingerprint density at radius 2 is 2.17 bits per heavy atom. The van der Waals surface area contributed by atoms with E-state index in [0.29, 0.717) is 0 Å². The predicted molar refractivity (Wildman–Crippen MR) is 71.2 cm³/mol. The quantitative estimate of drug-likeness (QED) is 0.641. The van der Waals surface area contributed by atoms with E-state index >= 15 is 0 Å². The van der Waals surface area contributed by atoms with Crippen LogP contribution in [-0.2, 0) is 9.53 Å². The van der Waals surface area contributed by atoms with Crippen LogP contribution in [-0.4, -0.2) is 30.4 Å². The van der Waals surface area contributed by atoms with Crippen LogP contribution in [0.3, 0.4) is 0 Å². The Hall–Kier alpha value is -0.950. The number of benzene rings is 1. The van der Waals surface area contributed by atoms with Crippen molar-refractivity contribution in [1.82, 2.24) is 5.32 Å². The summed E-state index contributed by atoms with van der Waals surface area (Å²) in [5.74, 6) is -1.47. The van der Waals surface area contributed by atoms with Gasteiger partial charge in [0.25, 0.3) is 5.91 Å². The van der Waals surface area contributed by atoms with Crippen molar-refractivity contribution in [3.63, 3.8) is 0 Å². The number of ether oxygens (including phenoxy) is 1. The Morgan fingerprint density at radius 3 is 2.72 bits per heavy atom. The Balaban J connectivity index is 2.60. The Bertz CT molecular complexity index is 468. The van der Waals surface area contributed by atoms with Gasteiger partial charge in [-0.05, 0) is 34.1 Å². The molecule has 0 bridgehead atoms. The van der Waals surface area contributed by atoms with E-state index in [1.54, 1.807) is 0 Å². The molecule has 1 aromatic rings. The average Bonchev–Trinajstić information content (AvgIpc) is 2.37. The molecular formula is C11H10Br2FNO3. The monoisotopic (exact) mass is 381 g/mol. The number of hydrogen-bond donors (Lipinski definition) is 1. The Morgan fingerprint density at radius 1 is 1.50 bits per heavy atom. The Labute approximate surface area is 120 Å². The zero-order valence-corrected chi connectivity index (χ0v) is 12.5. The first-order valence-corrected chi connectivity index (χ1v) is 6.61. The molecule has 0 heterocycles. The third-order valence-electron chi connectivity index (χ3n) is 2.08. The fourth-order valence-electron chi connectivity index (χ4n) is 1.13. The molecule has 0 radical (unpaired) electrons. The minimum absolute atomic E-state index is 0.0587. The van der Waals surface area contributed by atoms with E-state index in [0.717, 1.165) is 6.07 Å². The van der Waals surface area contributed by atoms with Crippen molar-refractivity contribution in [3.05, 3.63) is 34.1 Å². The SMILES string of the molecule is COC(=O)C(Br)CNC(=O)c1ccc(Br)c(F)c1. The minimum atomic E-state index is -0.633. The number of esters is 1. The van der Waals surface area contributed by atoms with E-state index in [2.05, 4.69) is 41.9 Å². The van der Waals surface area contributed by atoms with Gasteiger partial charge in [-0.15, -0.1) is 0 Å². The zero-order chi connectivity index (χ0) is 13.7. The van der Waals surface area contributed by atoms with Crippen molar-refractivity contribution in [1.29, 1.82) is 0 Å². The topological polar surface area (TPSA) is 55.4 Å². The molecule has 98 valence electrons. The number of carbonyl (C=O) groups is 2. The van der Waals surface area contributed by atoms with Crippen molar-refractivity contribution in [2.45, 2.75) is 4.83 Å². The van der Waals surface area contributed by atoms with E-state index in [9.17, 15) is 14.0 Å². The molecule has 1 atom stereocenters. The molecule has 0 spiro atoms. The maximum atomic E-state index is 13.2. The van der Waals surface area contributed by atoms with Gasteiger partial charge < -0.3 is 10.1 Å². The Kier molecular flexibility index (Phi) is 5.74. The third kappa shape index (κ3) is 4.06. The lowest BCUT2D eigenvalue weighted by atomic mass is 10.2. The second-order valence-corrected chi connectivity index (χ2v) is 5.29. The van der Waals surface area contributed by atoms with E-state index in [1.165, 1.54) is 19.2 Å². The fraction of sp³-hybridized carbons (Fsp3) is 0.273. The first-order chi connectivity index (χ1) is 8.45. The van der Waals surface area contributed by atoms with E-state index < -0.39 is 22.5 Å². The molecular weight excluding hydrogens is 373 g/mol. The molecule has 18 heavy (non-hydrogen) atoms. The summed E-state index contributed by atoms with van der Waals surface area (Å²) in [6.07, 6.45) is 0. The van der Waals surface area contributed by atoms with Crippen LogP contribution in [0.15, 0.2) is 22.7 Å². The van der Waals surface area contributed by atoms with E-state index in [1.807, 2.05) is 0 Å². The van der Waals surface area contributed by atoms with Gasteiger partial charge in [0.15, 0.2) is 0 Å². The highest BCUT2D eigenvalue weighted by Gasteiger charge is 2.17. The minimum Gasteiger partial charge on any atom is -0.468 e. The second kappa shape index (κ2) is 6.84. The van der Waals surface area contributed by atoms with Crippen molar-refractivity contribution in [3.8, 4) is 0 Å². The molecule has 1 aromatic carbocycles. The molecule has 1 N–H and O–H groups in total. The summed E-state index contributed by atoms with van der Waals surface area (Å²) in [4.78, 5) is 22.1. The summed E-state index contributed by atoms with van der Waals surface area (Å²) >= 11 is 6.05. The standard InChI is InChI=1S/C11H10Br2FNO3/c1-18-11(17)8(13)5-15-10(16)6-2-3-7(12)9(14)4-6/h2-4,8H,5H2,1H3,(H,15,16). The smallest absolute Gasteiger partial charge is 0.321 e. The highest BCUT2D eigenvalue weighted by Crippen LogP contribution is 2.16. The number of halogens is 3. The second-order valence-electron chi connectivity index (χ2n) is 3.33. The average molecular weight is 383 g/mol. The number of hydrogen-bond acceptors (Lipinski definition) is 3. The summed E-state index contributed by atoms with van der Waals surface area (Å²) < 4.78 is 18.0. The molecule has 0 aromatic heterocycles. The van der Waals surface area contributed by atoms with Crippen LogP contribution in [0.2, 0.25) is 0 Å². The van der Waals surface area contributed by atoms with Gasteiger partial charge >= 0.3 is 5.97 Å². The van der Waals surface area contributed by atoms with Crippen molar-refractivity contribution >= 4 is 43.7 Å². The molecule has 0 fully saturated rings. The molecule has 1 amide bonds.